The van der Waals surface area contributed by atoms with Crippen LogP contribution in [0, 0.1) is 11.8 Å². The van der Waals surface area contributed by atoms with Gasteiger partial charge in [-0.2, -0.15) is 0 Å². The summed E-state index contributed by atoms with van der Waals surface area (Å²) >= 11 is 0. The van der Waals surface area contributed by atoms with Crippen molar-refractivity contribution in [3.63, 3.8) is 0 Å². The van der Waals surface area contributed by atoms with E-state index in [0.29, 0.717) is 5.54 Å². The quantitative estimate of drug-likeness (QED) is 0.832. The molecule has 1 saturated heterocycles. The molecule has 2 aliphatic rings. The number of hydrogen-bond donors (Lipinski definition) is 1. The molecule has 1 heterocycles. The van der Waals surface area contributed by atoms with E-state index in [1.54, 1.807) is 0 Å². The van der Waals surface area contributed by atoms with Gasteiger partial charge in [-0.3, -0.25) is 9.80 Å². The van der Waals surface area contributed by atoms with Gasteiger partial charge in [0.15, 0.2) is 0 Å². The van der Waals surface area contributed by atoms with Gasteiger partial charge in [0.25, 0.3) is 0 Å². The van der Waals surface area contributed by atoms with Gasteiger partial charge in [0.05, 0.1) is 0 Å². The van der Waals surface area contributed by atoms with Crippen molar-refractivity contribution in [1.82, 2.24) is 9.80 Å². The van der Waals surface area contributed by atoms with Crippen molar-refractivity contribution in [2.75, 3.05) is 32.7 Å². The van der Waals surface area contributed by atoms with Gasteiger partial charge in [-0.25, -0.2) is 0 Å². The number of nitrogens with two attached hydrogens (primary N) is 1. The highest BCUT2D eigenvalue weighted by Gasteiger charge is 2.35. The minimum atomic E-state index is 0.319. The summed E-state index contributed by atoms with van der Waals surface area (Å²) in [6.07, 6.45) is 4.07. The molecule has 2 rings (SSSR count). The van der Waals surface area contributed by atoms with E-state index in [0.717, 1.165) is 24.4 Å². The predicted molar refractivity (Wildman–Crippen MR) is 82.2 cm³/mol. The minimum absolute atomic E-state index is 0.319. The van der Waals surface area contributed by atoms with E-state index in [1.165, 1.54) is 45.4 Å². The SMILES string of the molecule is CC1CCC(CN)C(N2CCN(C(C)(C)C)CC2)C1. The second kappa shape index (κ2) is 6.11. The molecule has 0 radical (unpaired) electrons. The molecule has 1 aliphatic heterocycles. The van der Waals surface area contributed by atoms with Crippen LogP contribution in [0.1, 0.15) is 47.0 Å². The fraction of sp³-hybridized carbons (Fsp3) is 1.00. The topological polar surface area (TPSA) is 32.5 Å². The van der Waals surface area contributed by atoms with Crippen LogP contribution in [0.5, 0.6) is 0 Å². The molecule has 1 saturated carbocycles. The van der Waals surface area contributed by atoms with Gasteiger partial charge < -0.3 is 5.73 Å². The highest BCUT2D eigenvalue weighted by atomic mass is 15.3. The lowest BCUT2D eigenvalue weighted by Gasteiger charge is -2.48. The molecule has 2 fully saturated rings. The van der Waals surface area contributed by atoms with Crippen LogP contribution in [0.25, 0.3) is 0 Å². The normalized spacial score (nSPS) is 35.5. The lowest BCUT2D eigenvalue weighted by Crippen LogP contribution is -2.58. The summed E-state index contributed by atoms with van der Waals surface area (Å²) in [6.45, 7) is 15.1. The molecule has 3 unspecified atom stereocenters. The van der Waals surface area contributed by atoms with Crippen molar-refractivity contribution in [3.8, 4) is 0 Å². The van der Waals surface area contributed by atoms with E-state index >= 15 is 0 Å². The van der Waals surface area contributed by atoms with Crippen LogP contribution in [-0.2, 0) is 0 Å². The van der Waals surface area contributed by atoms with Crippen molar-refractivity contribution in [2.45, 2.75) is 58.5 Å². The summed E-state index contributed by atoms with van der Waals surface area (Å²) < 4.78 is 0. The van der Waals surface area contributed by atoms with Crippen LogP contribution in [0.3, 0.4) is 0 Å². The summed E-state index contributed by atoms with van der Waals surface area (Å²) in [7, 11) is 0. The molecule has 112 valence electrons. The Morgan fingerprint density at radius 1 is 1.05 bits per heavy atom. The molecule has 0 bridgehead atoms. The fourth-order valence-electron chi connectivity index (χ4n) is 3.86. The van der Waals surface area contributed by atoms with E-state index in [4.69, 9.17) is 5.73 Å². The van der Waals surface area contributed by atoms with Gasteiger partial charge in [-0.05, 0) is 52.0 Å². The average molecular weight is 267 g/mol. The van der Waals surface area contributed by atoms with Crippen LogP contribution in [0.4, 0.5) is 0 Å². The molecule has 0 aromatic rings. The van der Waals surface area contributed by atoms with E-state index < -0.39 is 0 Å². The second-order valence-electron chi connectivity index (χ2n) is 7.68. The summed E-state index contributed by atoms with van der Waals surface area (Å²) in [5, 5.41) is 0. The lowest BCUT2D eigenvalue weighted by molar-refractivity contribution is 0.00983. The van der Waals surface area contributed by atoms with Crippen LogP contribution in [-0.4, -0.2) is 54.1 Å². The Kier molecular flexibility index (Phi) is 4.91. The molecule has 19 heavy (non-hydrogen) atoms. The zero-order valence-electron chi connectivity index (χ0n) is 13.4. The molecular weight excluding hydrogens is 234 g/mol. The Labute approximate surface area is 119 Å². The molecule has 3 atom stereocenters. The Hall–Kier alpha value is -0.120. The first-order valence-corrected chi connectivity index (χ1v) is 8.11. The number of hydrogen-bond acceptors (Lipinski definition) is 3. The maximum Gasteiger partial charge on any atom is 0.0139 e. The average Bonchev–Trinajstić information content (AvgIpc) is 2.38. The van der Waals surface area contributed by atoms with E-state index in [9.17, 15) is 0 Å². The highest BCUT2D eigenvalue weighted by Crippen LogP contribution is 2.32. The van der Waals surface area contributed by atoms with Crippen molar-refractivity contribution in [1.29, 1.82) is 0 Å². The van der Waals surface area contributed by atoms with Gasteiger partial charge in [-0.15, -0.1) is 0 Å². The van der Waals surface area contributed by atoms with Gasteiger partial charge in [-0.1, -0.05) is 13.3 Å². The van der Waals surface area contributed by atoms with Gasteiger partial charge in [0.1, 0.15) is 0 Å². The first-order chi connectivity index (χ1) is 8.91. The van der Waals surface area contributed by atoms with Crippen molar-refractivity contribution < 1.29 is 0 Å². The van der Waals surface area contributed by atoms with Crippen LogP contribution >= 0.6 is 0 Å². The highest BCUT2D eigenvalue weighted by molar-refractivity contribution is 4.90. The number of nitrogens with zero attached hydrogens (tertiary/aromatic N) is 2. The van der Waals surface area contributed by atoms with Gasteiger partial charge >= 0.3 is 0 Å². The summed E-state index contributed by atoms with van der Waals surface area (Å²) in [5.74, 6) is 1.62. The molecule has 1 aliphatic carbocycles. The zero-order valence-corrected chi connectivity index (χ0v) is 13.4. The molecule has 3 heteroatoms. The molecule has 0 spiro atoms. The first kappa shape index (κ1) is 15.3. The molecule has 0 aromatic carbocycles. The van der Waals surface area contributed by atoms with Gasteiger partial charge in [0, 0.05) is 37.8 Å². The Morgan fingerprint density at radius 2 is 1.68 bits per heavy atom. The first-order valence-electron chi connectivity index (χ1n) is 8.11. The lowest BCUT2D eigenvalue weighted by atomic mass is 9.78. The monoisotopic (exact) mass is 267 g/mol. The molecule has 2 N–H and O–H groups in total. The van der Waals surface area contributed by atoms with Crippen molar-refractivity contribution in [3.05, 3.63) is 0 Å². The maximum atomic E-state index is 6.01. The third kappa shape index (κ3) is 3.71. The van der Waals surface area contributed by atoms with Crippen LogP contribution < -0.4 is 5.73 Å². The molecule has 0 aromatic heterocycles. The maximum absolute atomic E-state index is 6.01. The van der Waals surface area contributed by atoms with Crippen molar-refractivity contribution in [2.24, 2.45) is 17.6 Å². The van der Waals surface area contributed by atoms with Crippen LogP contribution in [0.2, 0.25) is 0 Å². The summed E-state index contributed by atoms with van der Waals surface area (Å²) in [4.78, 5) is 5.35. The Balaban J connectivity index is 1.92. The third-order valence-electron chi connectivity index (χ3n) is 5.25. The second-order valence-corrected chi connectivity index (χ2v) is 7.68. The van der Waals surface area contributed by atoms with E-state index in [-0.39, 0.29) is 0 Å². The summed E-state index contributed by atoms with van der Waals surface area (Å²) in [6, 6.07) is 0.746. The minimum Gasteiger partial charge on any atom is -0.330 e. The zero-order chi connectivity index (χ0) is 14.0. The van der Waals surface area contributed by atoms with Crippen molar-refractivity contribution >= 4 is 0 Å². The standard InChI is InChI=1S/C16H33N3/c1-13-5-6-14(12-17)15(11-13)18-7-9-19(10-8-18)16(2,3)4/h13-15H,5-12,17H2,1-4H3. The fourth-order valence-corrected chi connectivity index (χ4v) is 3.86. The molecule has 3 nitrogen and oxygen atoms in total. The predicted octanol–water partition coefficient (Wildman–Crippen LogP) is 2.17. The largest absolute Gasteiger partial charge is 0.330 e. The van der Waals surface area contributed by atoms with E-state index in [2.05, 4.69) is 37.5 Å². The Bertz CT molecular complexity index is 276. The third-order valence-corrected chi connectivity index (χ3v) is 5.25. The smallest absolute Gasteiger partial charge is 0.0139 e. The number of piperazine rings is 1. The van der Waals surface area contributed by atoms with Gasteiger partial charge in [0.2, 0.25) is 0 Å². The Morgan fingerprint density at radius 3 is 2.21 bits per heavy atom. The number of rotatable bonds is 2. The van der Waals surface area contributed by atoms with E-state index in [1.807, 2.05) is 0 Å². The summed E-state index contributed by atoms with van der Waals surface area (Å²) in [5.41, 5.74) is 6.32. The molecular formula is C16H33N3. The molecule has 0 amide bonds. The van der Waals surface area contributed by atoms with Crippen LogP contribution in [0.15, 0.2) is 0 Å².